The van der Waals surface area contributed by atoms with Gasteiger partial charge in [0, 0.05) is 11.7 Å². The number of hydrogen-bond donors (Lipinski definition) is 2. The Balaban J connectivity index is 3.03. The van der Waals surface area contributed by atoms with E-state index >= 15 is 0 Å². The number of halogens is 4. The molecule has 9 heteroatoms. The molecule has 3 N–H and O–H groups in total. The normalized spacial score (nSPS) is 14.3. The molecule has 0 saturated carbocycles. The summed E-state index contributed by atoms with van der Waals surface area (Å²) < 4.78 is 62.5. The van der Waals surface area contributed by atoms with Gasteiger partial charge in [0.05, 0.1) is 11.4 Å². The molecule has 1 unspecified atom stereocenters. The number of nitrogens with two attached hydrogens (primary N) is 1. The molecule has 0 amide bonds. The van der Waals surface area contributed by atoms with Gasteiger partial charge in [-0.3, -0.25) is 0 Å². The van der Waals surface area contributed by atoms with Crippen molar-refractivity contribution in [1.29, 1.82) is 0 Å². The Morgan fingerprint density at radius 2 is 1.95 bits per heavy atom. The third kappa shape index (κ3) is 4.53. The minimum absolute atomic E-state index is 0.0941. The van der Waals surface area contributed by atoms with Gasteiger partial charge in [0.2, 0.25) is 10.0 Å². The lowest BCUT2D eigenvalue weighted by Crippen LogP contribution is -2.36. The number of rotatable bonds is 4. The summed E-state index contributed by atoms with van der Waals surface area (Å²) in [6.07, 6.45) is -5.73. The van der Waals surface area contributed by atoms with Crippen LogP contribution >= 0.6 is 11.6 Å². The zero-order chi connectivity index (χ0) is 15.7. The molecule has 0 aliphatic carbocycles. The second-order valence-electron chi connectivity index (χ2n) is 4.48. The van der Waals surface area contributed by atoms with E-state index in [2.05, 4.69) is 0 Å². The van der Waals surface area contributed by atoms with Crippen LogP contribution in [0.1, 0.15) is 18.9 Å². The smallest absolute Gasteiger partial charge is 0.390 e. The summed E-state index contributed by atoms with van der Waals surface area (Å²) in [6.45, 7) is 2.76. The van der Waals surface area contributed by atoms with E-state index in [-0.39, 0.29) is 15.6 Å². The van der Waals surface area contributed by atoms with Gasteiger partial charge < -0.3 is 5.73 Å². The maximum absolute atomic E-state index is 12.2. The number of nitrogen functional groups attached to an aromatic ring is 1. The van der Waals surface area contributed by atoms with Crippen molar-refractivity contribution in [2.75, 3.05) is 5.73 Å². The molecule has 0 aromatic heterocycles. The minimum Gasteiger partial charge on any atom is -0.398 e. The van der Waals surface area contributed by atoms with Gasteiger partial charge in [0.25, 0.3) is 0 Å². The molecule has 0 fully saturated rings. The molecule has 1 rings (SSSR count). The molecule has 4 nitrogen and oxygen atoms in total. The summed E-state index contributed by atoms with van der Waals surface area (Å²) in [7, 11) is -4.16. The zero-order valence-corrected chi connectivity index (χ0v) is 12.3. The standard InChI is InChI=1S/C11H14ClF3N2O2S/c1-6-3-8(12)10(4-9(6)16)20(18,19)17-7(2)5-11(13,14)15/h3-4,7,17H,5,16H2,1-2H3. The number of aryl methyl sites for hydroxylation is 1. The number of sulfonamides is 1. The highest BCUT2D eigenvalue weighted by Gasteiger charge is 2.32. The minimum atomic E-state index is -4.46. The Kier molecular flexibility index (Phi) is 4.94. The van der Waals surface area contributed by atoms with Crippen LogP contribution in [0.15, 0.2) is 17.0 Å². The predicted octanol–water partition coefficient (Wildman–Crippen LogP) is 2.85. The molecule has 1 aromatic carbocycles. The second-order valence-corrected chi connectivity index (χ2v) is 6.57. The molecule has 0 radical (unpaired) electrons. The maximum atomic E-state index is 12.2. The van der Waals surface area contributed by atoms with E-state index in [0.717, 1.165) is 13.0 Å². The van der Waals surface area contributed by atoms with Gasteiger partial charge >= 0.3 is 6.18 Å². The van der Waals surface area contributed by atoms with Gasteiger partial charge in [-0.25, -0.2) is 13.1 Å². The molecule has 114 valence electrons. The summed E-state index contributed by atoms with van der Waals surface area (Å²) in [5.41, 5.74) is 6.36. The molecule has 0 aliphatic heterocycles. The van der Waals surface area contributed by atoms with Crippen LogP contribution < -0.4 is 10.5 Å². The number of anilines is 1. The lowest BCUT2D eigenvalue weighted by molar-refractivity contribution is -0.137. The lowest BCUT2D eigenvalue weighted by Gasteiger charge is -2.17. The Hall–Kier alpha value is -0.990. The van der Waals surface area contributed by atoms with Crippen LogP contribution in [0.5, 0.6) is 0 Å². The first-order chi connectivity index (χ1) is 8.92. The van der Waals surface area contributed by atoms with Gasteiger partial charge in [-0.15, -0.1) is 0 Å². The zero-order valence-electron chi connectivity index (χ0n) is 10.8. The Bertz CT molecular complexity index is 602. The molecule has 0 saturated heterocycles. The topological polar surface area (TPSA) is 72.2 Å². The highest BCUT2D eigenvalue weighted by molar-refractivity contribution is 7.89. The van der Waals surface area contributed by atoms with Crippen molar-refractivity contribution >= 4 is 27.3 Å². The van der Waals surface area contributed by atoms with E-state index in [1.54, 1.807) is 6.92 Å². The van der Waals surface area contributed by atoms with Crippen molar-refractivity contribution in [3.8, 4) is 0 Å². The molecule has 0 bridgehead atoms. The molecular weight excluding hydrogens is 317 g/mol. The monoisotopic (exact) mass is 330 g/mol. The van der Waals surface area contributed by atoms with Crippen LogP contribution in [0.2, 0.25) is 5.02 Å². The van der Waals surface area contributed by atoms with Crippen LogP contribution in [-0.4, -0.2) is 20.6 Å². The molecular formula is C11H14ClF3N2O2S. The second kappa shape index (κ2) is 5.79. The first kappa shape index (κ1) is 17.1. The molecule has 0 heterocycles. The third-order valence-electron chi connectivity index (χ3n) is 2.50. The third-order valence-corrected chi connectivity index (χ3v) is 4.56. The molecule has 0 aliphatic rings. The van der Waals surface area contributed by atoms with E-state index in [4.69, 9.17) is 17.3 Å². The number of benzene rings is 1. The molecule has 1 atom stereocenters. The van der Waals surface area contributed by atoms with Gasteiger partial charge in [-0.05, 0) is 31.5 Å². The SMILES string of the molecule is Cc1cc(Cl)c(S(=O)(=O)NC(C)CC(F)(F)F)cc1N. The highest BCUT2D eigenvalue weighted by Crippen LogP contribution is 2.28. The van der Waals surface area contributed by atoms with Crippen LogP contribution in [0.25, 0.3) is 0 Å². The fraction of sp³-hybridized carbons (Fsp3) is 0.455. The number of alkyl halides is 3. The van der Waals surface area contributed by atoms with Crippen molar-refractivity contribution in [1.82, 2.24) is 4.72 Å². The number of hydrogen-bond acceptors (Lipinski definition) is 3. The lowest BCUT2D eigenvalue weighted by atomic mass is 10.2. The maximum Gasteiger partial charge on any atom is 0.390 e. The summed E-state index contributed by atoms with van der Waals surface area (Å²) in [5.74, 6) is 0. The molecule has 1 aromatic rings. The largest absolute Gasteiger partial charge is 0.398 e. The Morgan fingerprint density at radius 3 is 2.45 bits per heavy atom. The molecule has 20 heavy (non-hydrogen) atoms. The number of nitrogens with one attached hydrogen (secondary N) is 1. The van der Waals surface area contributed by atoms with Crippen molar-refractivity contribution in [2.24, 2.45) is 0 Å². The summed E-state index contributed by atoms with van der Waals surface area (Å²) in [6, 6.07) is 1.17. The van der Waals surface area contributed by atoms with Crippen LogP contribution in [0.4, 0.5) is 18.9 Å². The van der Waals surface area contributed by atoms with Crippen LogP contribution in [0.3, 0.4) is 0 Å². The summed E-state index contributed by atoms with van der Waals surface area (Å²) in [4.78, 5) is -0.337. The van der Waals surface area contributed by atoms with Crippen molar-refractivity contribution < 1.29 is 21.6 Å². The highest BCUT2D eigenvalue weighted by atomic mass is 35.5. The summed E-state index contributed by atoms with van der Waals surface area (Å²) >= 11 is 5.81. The predicted molar refractivity (Wildman–Crippen MR) is 71.1 cm³/mol. The fourth-order valence-corrected chi connectivity index (χ4v) is 3.45. The molecule has 0 spiro atoms. The van der Waals surface area contributed by atoms with Crippen molar-refractivity contribution in [2.45, 2.75) is 37.4 Å². The average Bonchev–Trinajstić information content (AvgIpc) is 2.19. The Morgan fingerprint density at radius 1 is 1.40 bits per heavy atom. The van der Waals surface area contributed by atoms with Gasteiger partial charge in [-0.1, -0.05) is 11.6 Å². The first-order valence-electron chi connectivity index (χ1n) is 5.57. The van der Waals surface area contributed by atoms with E-state index in [1.165, 1.54) is 6.07 Å². The van der Waals surface area contributed by atoms with Crippen LogP contribution in [-0.2, 0) is 10.0 Å². The van der Waals surface area contributed by atoms with Gasteiger partial charge in [-0.2, -0.15) is 13.2 Å². The van der Waals surface area contributed by atoms with Crippen molar-refractivity contribution in [3.63, 3.8) is 0 Å². The average molecular weight is 331 g/mol. The summed E-state index contributed by atoms with van der Waals surface area (Å²) in [5, 5.41) is -0.0941. The van der Waals surface area contributed by atoms with E-state index < -0.39 is 28.7 Å². The van der Waals surface area contributed by atoms with Gasteiger partial charge in [0.1, 0.15) is 4.90 Å². The Labute approximate surface area is 120 Å². The van der Waals surface area contributed by atoms with E-state index in [1.807, 2.05) is 4.72 Å². The van der Waals surface area contributed by atoms with E-state index in [9.17, 15) is 21.6 Å². The van der Waals surface area contributed by atoms with Crippen LogP contribution in [0, 0.1) is 6.92 Å². The van der Waals surface area contributed by atoms with Gasteiger partial charge in [0.15, 0.2) is 0 Å². The first-order valence-corrected chi connectivity index (χ1v) is 7.43. The fourth-order valence-electron chi connectivity index (χ4n) is 1.59. The quantitative estimate of drug-likeness (QED) is 0.834. The van der Waals surface area contributed by atoms with Crippen molar-refractivity contribution in [3.05, 3.63) is 22.7 Å². The van der Waals surface area contributed by atoms with E-state index in [0.29, 0.717) is 5.56 Å².